The summed E-state index contributed by atoms with van der Waals surface area (Å²) >= 11 is 0. The van der Waals surface area contributed by atoms with E-state index >= 15 is 0 Å². The molecule has 0 spiro atoms. The van der Waals surface area contributed by atoms with Crippen molar-refractivity contribution in [2.75, 3.05) is 14.2 Å². The van der Waals surface area contributed by atoms with Gasteiger partial charge < -0.3 is 9.47 Å². The molecule has 2 aromatic heterocycles. The van der Waals surface area contributed by atoms with Crippen molar-refractivity contribution in [2.45, 2.75) is 20.8 Å². The number of hydrogen-bond donors (Lipinski definition) is 0. The van der Waals surface area contributed by atoms with Crippen molar-refractivity contribution in [2.24, 2.45) is 0 Å². The summed E-state index contributed by atoms with van der Waals surface area (Å²) in [6, 6.07) is 16.0. The van der Waals surface area contributed by atoms with E-state index in [1.165, 1.54) is 0 Å². The number of benzene rings is 2. The fourth-order valence-electron chi connectivity index (χ4n) is 3.40. The predicted molar refractivity (Wildman–Crippen MR) is 111 cm³/mol. The molecule has 28 heavy (non-hydrogen) atoms. The molecule has 0 saturated carbocycles. The zero-order valence-electron chi connectivity index (χ0n) is 16.8. The first-order chi connectivity index (χ1) is 13.5. The van der Waals surface area contributed by atoms with E-state index in [0.29, 0.717) is 0 Å². The number of fused-ring (bicyclic) bond motifs is 1. The molecule has 142 valence electrons. The van der Waals surface area contributed by atoms with Crippen LogP contribution in [0.1, 0.15) is 17.0 Å². The summed E-state index contributed by atoms with van der Waals surface area (Å²) in [5.74, 6) is 1.62. The lowest BCUT2D eigenvalue weighted by molar-refractivity contribution is 0.415. The Balaban J connectivity index is 2.06. The smallest absolute Gasteiger partial charge is 0.164 e. The molecule has 0 aliphatic heterocycles. The van der Waals surface area contributed by atoms with Gasteiger partial charge in [-0.2, -0.15) is 5.10 Å². The number of aromatic nitrogens is 3. The fourth-order valence-corrected chi connectivity index (χ4v) is 3.40. The third kappa shape index (κ3) is 2.89. The number of methoxy groups -OCH3 is 2. The van der Waals surface area contributed by atoms with Gasteiger partial charge in [0.15, 0.2) is 5.65 Å². The highest BCUT2D eigenvalue weighted by atomic mass is 16.5. The van der Waals surface area contributed by atoms with E-state index in [2.05, 4.69) is 19.9 Å². The molecule has 0 aliphatic rings. The van der Waals surface area contributed by atoms with Crippen LogP contribution < -0.4 is 9.47 Å². The maximum Gasteiger partial charge on any atom is 0.164 e. The lowest BCUT2D eigenvalue weighted by atomic mass is 10.0. The van der Waals surface area contributed by atoms with Crippen LogP contribution in [0.15, 0.2) is 48.5 Å². The van der Waals surface area contributed by atoms with Crippen molar-refractivity contribution in [1.29, 1.82) is 0 Å². The topological polar surface area (TPSA) is 48.7 Å². The molecule has 0 amide bonds. The number of rotatable bonds is 4. The third-order valence-corrected chi connectivity index (χ3v) is 5.26. The predicted octanol–water partition coefficient (Wildman–Crippen LogP) is 5.01. The molecule has 4 rings (SSSR count). The number of ether oxygens (including phenoxy) is 2. The number of aryl methyl sites for hydroxylation is 2. The zero-order valence-corrected chi connectivity index (χ0v) is 16.8. The van der Waals surface area contributed by atoms with E-state index in [4.69, 9.17) is 19.6 Å². The summed E-state index contributed by atoms with van der Waals surface area (Å²) < 4.78 is 12.7. The van der Waals surface area contributed by atoms with Crippen LogP contribution in [0, 0.1) is 20.8 Å². The second-order valence-electron chi connectivity index (χ2n) is 6.83. The molecular weight excluding hydrogens is 350 g/mol. The van der Waals surface area contributed by atoms with Crippen molar-refractivity contribution in [3.63, 3.8) is 0 Å². The Bertz CT molecular complexity index is 1160. The lowest BCUT2D eigenvalue weighted by Crippen LogP contribution is -2.02. The maximum absolute atomic E-state index is 5.44. The molecule has 5 heteroatoms. The quantitative estimate of drug-likeness (QED) is 0.505. The van der Waals surface area contributed by atoms with E-state index in [-0.39, 0.29) is 0 Å². The molecule has 0 atom stereocenters. The lowest BCUT2D eigenvalue weighted by Gasteiger charge is -2.08. The summed E-state index contributed by atoms with van der Waals surface area (Å²) in [7, 11) is 3.34. The van der Waals surface area contributed by atoms with E-state index in [1.54, 1.807) is 14.2 Å². The van der Waals surface area contributed by atoms with Gasteiger partial charge in [-0.3, -0.25) is 0 Å². The average Bonchev–Trinajstić information content (AvgIpc) is 3.11. The molecule has 0 bridgehead atoms. The molecule has 4 aromatic rings. The second kappa shape index (κ2) is 7.00. The molecule has 2 heterocycles. The Kier molecular flexibility index (Phi) is 4.51. The molecule has 5 nitrogen and oxygen atoms in total. The first kappa shape index (κ1) is 18.0. The zero-order chi connectivity index (χ0) is 19.8. The summed E-state index contributed by atoms with van der Waals surface area (Å²) in [5.41, 5.74) is 8.01. The minimum absolute atomic E-state index is 0.804. The van der Waals surface area contributed by atoms with Gasteiger partial charge in [-0.25, -0.2) is 9.50 Å². The van der Waals surface area contributed by atoms with Crippen LogP contribution >= 0.6 is 0 Å². The van der Waals surface area contributed by atoms with Crippen LogP contribution in [0.2, 0.25) is 0 Å². The Hall–Kier alpha value is -3.34. The monoisotopic (exact) mass is 373 g/mol. The van der Waals surface area contributed by atoms with Gasteiger partial charge in [0, 0.05) is 17.0 Å². The van der Waals surface area contributed by atoms with Gasteiger partial charge in [0.25, 0.3) is 0 Å². The Labute approximate surface area is 164 Å². The van der Waals surface area contributed by atoms with E-state index in [0.717, 1.165) is 56.5 Å². The van der Waals surface area contributed by atoms with Crippen molar-refractivity contribution in [3.05, 3.63) is 65.5 Å². The molecule has 0 aliphatic carbocycles. The number of hydrogen-bond acceptors (Lipinski definition) is 4. The van der Waals surface area contributed by atoms with Gasteiger partial charge in [0.2, 0.25) is 0 Å². The Morgan fingerprint density at radius 2 is 1.54 bits per heavy atom. The normalized spacial score (nSPS) is 11.0. The molecule has 0 fully saturated rings. The van der Waals surface area contributed by atoms with Gasteiger partial charge in [-0.05, 0) is 68.3 Å². The van der Waals surface area contributed by atoms with Gasteiger partial charge >= 0.3 is 0 Å². The SMILES string of the molecule is COc1ccc(-c2nn3c(C)c(C)c(C)nc3c2-c2cccc(OC)c2)cc1. The Morgan fingerprint density at radius 1 is 0.821 bits per heavy atom. The highest BCUT2D eigenvalue weighted by Gasteiger charge is 2.20. The van der Waals surface area contributed by atoms with Crippen molar-refractivity contribution >= 4 is 5.65 Å². The standard InChI is InChI=1S/C23H23N3O2/c1-14-15(2)24-23-21(18-7-6-8-20(13-18)28-5)22(25-26(23)16(14)3)17-9-11-19(27-4)12-10-17/h6-13H,1-5H3. The van der Waals surface area contributed by atoms with Crippen LogP contribution in [0.5, 0.6) is 11.5 Å². The Morgan fingerprint density at radius 3 is 2.21 bits per heavy atom. The summed E-state index contributed by atoms with van der Waals surface area (Å²) in [4.78, 5) is 4.88. The van der Waals surface area contributed by atoms with Crippen LogP contribution in [-0.4, -0.2) is 28.8 Å². The fraction of sp³-hybridized carbons (Fsp3) is 0.217. The number of nitrogens with zero attached hydrogens (tertiary/aromatic N) is 3. The highest BCUT2D eigenvalue weighted by molar-refractivity contribution is 5.91. The van der Waals surface area contributed by atoms with Crippen molar-refractivity contribution in [1.82, 2.24) is 14.6 Å². The first-order valence-corrected chi connectivity index (χ1v) is 9.19. The molecule has 0 N–H and O–H groups in total. The molecule has 0 unspecified atom stereocenters. The van der Waals surface area contributed by atoms with Crippen molar-refractivity contribution in [3.8, 4) is 33.9 Å². The molecule has 0 saturated heterocycles. The van der Waals surface area contributed by atoms with Gasteiger partial charge in [-0.15, -0.1) is 0 Å². The molecule has 0 radical (unpaired) electrons. The summed E-state index contributed by atoms with van der Waals surface area (Å²) in [6.45, 7) is 6.20. The van der Waals surface area contributed by atoms with Gasteiger partial charge in [-0.1, -0.05) is 12.1 Å². The molecular formula is C23H23N3O2. The average molecular weight is 373 g/mol. The minimum Gasteiger partial charge on any atom is -0.497 e. The summed E-state index contributed by atoms with van der Waals surface area (Å²) in [5, 5.41) is 4.94. The second-order valence-corrected chi connectivity index (χ2v) is 6.83. The van der Waals surface area contributed by atoms with E-state index in [1.807, 2.05) is 53.9 Å². The van der Waals surface area contributed by atoms with Crippen LogP contribution in [-0.2, 0) is 0 Å². The maximum atomic E-state index is 5.44. The van der Waals surface area contributed by atoms with E-state index < -0.39 is 0 Å². The van der Waals surface area contributed by atoms with Gasteiger partial charge in [0.05, 0.1) is 19.8 Å². The van der Waals surface area contributed by atoms with Crippen molar-refractivity contribution < 1.29 is 9.47 Å². The summed E-state index contributed by atoms with van der Waals surface area (Å²) in [6.07, 6.45) is 0. The van der Waals surface area contributed by atoms with Crippen LogP contribution in [0.3, 0.4) is 0 Å². The van der Waals surface area contributed by atoms with E-state index in [9.17, 15) is 0 Å². The third-order valence-electron chi connectivity index (χ3n) is 5.26. The molecule has 2 aromatic carbocycles. The van der Waals surface area contributed by atoms with Crippen LogP contribution in [0.25, 0.3) is 28.0 Å². The van der Waals surface area contributed by atoms with Crippen LogP contribution in [0.4, 0.5) is 0 Å². The van der Waals surface area contributed by atoms with Gasteiger partial charge in [0.1, 0.15) is 17.2 Å². The largest absolute Gasteiger partial charge is 0.497 e. The minimum atomic E-state index is 0.804. The highest BCUT2D eigenvalue weighted by Crippen LogP contribution is 2.37. The first-order valence-electron chi connectivity index (χ1n) is 9.19.